The molecular weight excluding hydrogens is 404 g/mol. The van der Waals surface area contributed by atoms with Gasteiger partial charge in [0.1, 0.15) is 0 Å². The van der Waals surface area contributed by atoms with Crippen molar-refractivity contribution in [2.24, 2.45) is 0 Å². The first-order chi connectivity index (χ1) is 11.6. The van der Waals surface area contributed by atoms with Crippen molar-refractivity contribution in [3.63, 3.8) is 0 Å². The molecule has 3 aromatic rings. The normalized spacial score (nSPS) is 11.9. The van der Waals surface area contributed by atoms with E-state index in [1.54, 1.807) is 0 Å². The van der Waals surface area contributed by atoms with E-state index in [1.165, 1.54) is 23.1 Å². The topological polar surface area (TPSA) is 42.0 Å². The van der Waals surface area contributed by atoms with Crippen LogP contribution >= 0.6 is 39.0 Å². The molecule has 122 valence electrons. The van der Waals surface area contributed by atoms with Crippen LogP contribution in [0.25, 0.3) is 11.3 Å². The van der Waals surface area contributed by atoms with Gasteiger partial charge in [-0.25, -0.2) is 4.98 Å². The summed E-state index contributed by atoms with van der Waals surface area (Å²) in [5.74, 6) is -0.0446. The highest BCUT2D eigenvalue weighted by atomic mass is 79.9. The van der Waals surface area contributed by atoms with Gasteiger partial charge in [-0.1, -0.05) is 46.3 Å². The molecule has 24 heavy (non-hydrogen) atoms. The molecule has 1 atom stereocenters. The Hall–Kier alpha value is -1.63. The van der Waals surface area contributed by atoms with Gasteiger partial charge >= 0.3 is 0 Å². The minimum absolute atomic E-state index is 0.0446. The number of aromatic nitrogens is 1. The molecule has 6 heteroatoms. The van der Waals surface area contributed by atoms with Crippen LogP contribution in [0.4, 0.5) is 5.13 Å². The van der Waals surface area contributed by atoms with Crippen LogP contribution in [0.3, 0.4) is 0 Å². The summed E-state index contributed by atoms with van der Waals surface area (Å²) in [5.41, 5.74) is 1.93. The van der Waals surface area contributed by atoms with E-state index < -0.39 is 0 Å². The van der Waals surface area contributed by atoms with Crippen molar-refractivity contribution in [2.75, 3.05) is 5.32 Å². The molecule has 0 aliphatic rings. The van der Waals surface area contributed by atoms with Gasteiger partial charge in [0.2, 0.25) is 5.91 Å². The SMILES string of the molecule is C[C@H](Sc1ccc(Br)cc1)C(=O)Nc1nc(-c2ccccc2)cs1. The summed E-state index contributed by atoms with van der Waals surface area (Å²) in [6, 6.07) is 17.9. The zero-order chi connectivity index (χ0) is 16.9. The summed E-state index contributed by atoms with van der Waals surface area (Å²) in [5, 5.41) is 5.29. The molecular formula is C18H15BrN2OS2. The molecule has 0 spiro atoms. The van der Waals surface area contributed by atoms with Crippen LogP contribution in [0.2, 0.25) is 0 Å². The van der Waals surface area contributed by atoms with Crippen LogP contribution in [0.15, 0.2) is 69.3 Å². The van der Waals surface area contributed by atoms with Crippen LogP contribution in [-0.4, -0.2) is 16.1 Å². The Kier molecular flexibility index (Phi) is 5.71. The van der Waals surface area contributed by atoms with Crippen LogP contribution in [0.1, 0.15) is 6.92 Å². The van der Waals surface area contributed by atoms with Crippen LogP contribution < -0.4 is 5.32 Å². The summed E-state index contributed by atoms with van der Waals surface area (Å²) in [6.07, 6.45) is 0. The molecule has 0 saturated heterocycles. The number of nitrogens with one attached hydrogen (secondary N) is 1. The van der Waals surface area contributed by atoms with Gasteiger partial charge in [-0.2, -0.15) is 0 Å². The molecule has 1 N–H and O–H groups in total. The monoisotopic (exact) mass is 418 g/mol. The van der Waals surface area contributed by atoms with E-state index in [-0.39, 0.29) is 11.2 Å². The first-order valence-corrected chi connectivity index (χ1v) is 9.91. The number of hydrogen-bond donors (Lipinski definition) is 1. The lowest BCUT2D eigenvalue weighted by Crippen LogP contribution is -2.22. The Morgan fingerprint density at radius 2 is 1.88 bits per heavy atom. The van der Waals surface area contributed by atoms with Gasteiger partial charge in [0.15, 0.2) is 5.13 Å². The third kappa shape index (κ3) is 4.47. The number of rotatable bonds is 5. The number of thiazole rings is 1. The third-order valence-corrected chi connectivity index (χ3v) is 5.70. The highest BCUT2D eigenvalue weighted by Gasteiger charge is 2.16. The Morgan fingerprint density at radius 1 is 1.17 bits per heavy atom. The Morgan fingerprint density at radius 3 is 2.58 bits per heavy atom. The van der Waals surface area contributed by atoms with Crippen molar-refractivity contribution >= 4 is 50.1 Å². The Labute approximate surface area is 157 Å². The van der Waals surface area contributed by atoms with Crippen molar-refractivity contribution in [2.45, 2.75) is 17.1 Å². The number of benzene rings is 2. The summed E-state index contributed by atoms with van der Waals surface area (Å²) < 4.78 is 1.03. The van der Waals surface area contributed by atoms with Crippen molar-refractivity contribution in [1.29, 1.82) is 0 Å². The van der Waals surface area contributed by atoms with Gasteiger partial charge in [-0.05, 0) is 31.2 Å². The number of carbonyl (C=O) groups is 1. The maximum absolute atomic E-state index is 12.4. The average Bonchev–Trinajstić information content (AvgIpc) is 3.06. The fourth-order valence-corrected chi connectivity index (χ4v) is 3.90. The minimum Gasteiger partial charge on any atom is -0.301 e. The highest BCUT2D eigenvalue weighted by Crippen LogP contribution is 2.28. The highest BCUT2D eigenvalue weighted by molar-refractivity contribution is 9.10. The van der Waals surface area contributed by atoms with Crippen molar-refractivity contribution in [1.82, 2.24) is 4.98 Å². The summed E-state index contributed by atoms with van der Waals surface area (Å²) in [4.78, 5) is 17.9. The number of amides is 1. The summed E-state index contributed by atoms with van der Waals surface area (Å²) in [7, 11) is 0. The van der Waals surface area contributed by atoms with E-state index >= 15 is 0 Å². The second-order valence-corrected chi connectivity index (χ2v) is 8.30. The number of thioether (sulfide) groups is 1. The van der Waals surface area contributed by atoms with E-state index in [2.05, 4.69) is 26.2 Å². The molecule has 1 amide bonds. The maximum Gasteiger partial charge on any atom is 0.239 e. The van der Waals surface area contributed by atoms with E-state index in [4.69, 9.17) is 0 Å². The number of carbonyl (C=O) groups excluding carboxylic acids is 1. The average molecular weight is 419 g/mol. The van der Waals surface area contributed by atoms with E-state index in [0.29, 0.717) is 5.13 Å². The lowest BCUT2D eigenvalue weighted by molar-refractivity contribution is -0.115. The molecule has 0 bridgehead atoms. The van der Waals surface area contributed by atoms with Gasteiger partial charge in [0.25, 0.3) is 0 Å². The molecule has 0 aliphatic carbocycles. The van der Waals surface area contributed by atoms with Crippen molar-refractivity contribution in [3.05, 3.63) is 64.5 Å². The summed E-state index contributed by atoms with van der Waals surface area (Å²) >= 11 is 6.38. The number of halogens is 1. The Balaban J connectivity index is 1.62. The zero-order valence-electron chi connectivity index (χ0n) is 12.9. The fraction of sp³-hybridized carbons (Fsp3) is 0.111. The van der Waals surface area contributed by atoms with Gasteiger partial charge in [0, 0.05) is 20.3 Å². The molecule has 3 rings (SSSR count). The second-order valence-electron chi connectivity index (χ2n) is 5.11. The van der Waals surface area contributed by atoms with E-state index in [9.17, 15) is 4.79 Å². The van der Waals surface area contributed by atoms with Crippen molar-refractivity contribution in [3.8, 4) is 11.3 Å². The number of hydrogen-bond acceptors (Lipinski definition) is 4. The second kappa shape index (κ2) is 7.96. The standard InChI is InChI=1S/C18H15BrN2OS2/c1-12(24-15-9-7-14(19)8-10-15)17(22)21-18-20-16(11-23-18)13-5-3-2-4-6-13/h2-12H,1H3,(H,20,21,22)/t12-/m0/s1. The minimum atomic E-state index is -0.199. The zero-order valence-corrected chi connectivity index (χ0v) is 16.1. The van der Waals surface area contributed by atoms with Gasteiger partial charge in [-0.3, -0.25) is 4.79 Å². The number of nitrogens with zero attached hydrogens (tertiary/aromatic N) is 1. The maximum atomic E-state index is 12.4. The quantitative estimate of drug-likeness (QED) is 0.540. The molecule has 0 radical (unpaired) electrons. The molecule has 0 saturated carbocycles. The molecule has 3 nitrogen and oxygen atoms in total. The molecule has 1 aromatic heterocycles. The van der Waals surface area contributed by atoms with Gasteiger partial charge in [-0.15, -0.1) is 23.1 Å². The van der Waals surface area contributed by atoms with Crippen LogP contribution in [0, 0.1) is 0 Å². The Bertz CT molecular complexity index is 819. The molecule has 1 heterocycles. The van der Waals surface area contributed by atoms with Gasteiger partial charge in [0.05, 0.1) is 10.9 Å². The van der Waals surface area contributed by atoms with E-state index in [0.717, 1.165) is 20.6 Å². The first-order valence-electron chi connectivity index (χ1n) is 7.36. The molecule has 0 aliphatic heterocycles. The molecule has 2 aromatic carbocycles. The molecule has 0 unspecified atom stereocenters. The van der Waals surface area contributed by atoms with Crippen LogP contribution in [0.5, 0.6) is 0 Å². The van der Waals surface area contributed by atoms with Crippen molar-refractivity contribution < 1.29 is 4.79 Å². The third-order valence-electron chi connectivity index (χ3n) is 3.30. The summed E-state index contributed by atoms with van der Waals surface area (Å²) in [6.45, 7) is 1.90. The number of anilines is 1. The van der Waals surface area contributed by atoms with Crippen LogP contribution in [-0.2, 0) is 4.79 Å². The smallest absolute Gasteiger partial charge is 0.239 e. The largest absolute Gasteiger partial charge is 0.301 e. The lowest BCUT2D eigenvalue weighted by Gasteiger charge is -2.10. The predicted molar refractivity (Wildman–Crippen MR) is 106 cm³/mol. The van der Waals surface area contributed by atoms with E-state index in [1.807, 2.05) is 66.9 Å². The van der Waals surface area contributed by atoms with Gasteiger partial charge < -0.3 is 5.32 Å². The predicted octanol–water partition coefficient (Wildman–Crippen LogP) is 5.69. The fourth-order valence-electron chi connectivity index (χ4n) is 2.05. The molecule has 0 fully saturated rings. The lowest BCUT2D eigenvalue weighted by atomic mass is 10.2. The first kappa shape index (κ1) is 17.2.